The summed E-state index contributed by atoms with van der Waals surface area (Å²) in [6.45, 7) is 4.96. The van der Waals surface area contributed by atoms with E-state index in [2.05, 4.69) is 5.32 Å². The first-order valence-electron chi connectivity index (χ1n) is 10.1. The summed E-state index contributed by atoms with van der Waals surface area (Å²) in [5.74, 6) is 0.817. The highest BCUT2D eigenvalue weighted by Gasteiger charge is 2.32. The molecule has 0 saturated carbocycles. The second kappa shape index (κ2) is 9.29. The highest BCUT2D eigenvalue weighted by Crippen LogP contribution is 2.31. The van der Waals surface area contributed by atoms with Gasteiger partial charge < -0.3 is 25.8 Å². The fourth-order valence-corrected chi connectivity index (χ4v) is 3.86. The van der Waals surface area contributed by atoms with Gasteiger partial charge in [-0.05, 0) is 35.1 Å². The molecular weight excluding hydrogens is 366 g/mol. The van der Waals surface area contributed by atoms with Crippen LogP contribution >= 0.6 is 0 Å². The smallest absolute Gasteiger partial charge is 0.243 e. The Morgan fingerprint density at radius 2 is 1.90 bits per heavy atom. The molecule has 6 heteroatoms. The van der Waals surface area contributed by atoms with E-state index in [1.807, 2.05) is 68.3 Å². The Balaban J connectivity index is 1.85. The number of carbonyl (C=O) groups is 1. The number of rotatable bonds is 6. The Morgan fingerprint density at radius 1 is 1.21 bits per heavy atom. The first kappa shape index (κ1) is 21.1. The largest absolute Gasteiger partial charge is 0.489 e. The molecular formula is C23H31N3O3. The number of nitrogens with two attached hydrogens (primary N) is 1. The molecule has 0 aliphatic carbocycles. The molecule has 1 aliphatic heterocycles. The number of likely N-dealkylation sites (N-methyl/N-ethyl adjacent to an activating group) is 1. The number of ether oxygens (including phenoxy) is 1. The van der Waals surface area contributed by atoms with Crippen molar-refractivity contribution in [1.82, 2.24) is 5.32 Å². The molecule has 1 aliphatic rings. The number of fused-ring (bicyclic) bond motifs is 1. The zero-order chi connectivity index (χ0) is 21.0. The van der Waals surface area contributed by atoms with Crippen LogP contribution in [0.5, 0.6) is 5.75 Å². The summed E-state index contributed by atoms with van der Waals surface area (Å²) in [5, 5.41) is 12.7. The normalized spacial score (nSPS) is 19.4. The van der Waals surface area contributed by atoms with Crippen molar-refractivity contribution in [3.05, 3.63) is 59.2 Å². The average Bonchev–Trinajstić information content (AvgIpc) is 2.71. The van der Waals surface area contributed by atoms with Crippen molar-refractivity contribution in [2.24, 2.45) is 11.7 Å². The molecule has 29 heavy (non-hydrogen) atoms. The van der Waals surface area contributed by atoms with Gasteiger partial charge in [-0.25, -0.2) is 0 Å². The lowest BCUT2D eigenvalue weighted by molar-refractivity contribution is -0.124. The van der Waals surface area contributed by atoms with Crippen LogP contribution in [0.15, 0.2) is 42.5 Å². The maximum atomic E-state index is 12.7. The van der Waals surface area contributed by atoms with Crippen LogP contribution < -0.4 is 20.7 Å². The third kappa shape index (κ3) is 4.89. The molecule has 0 bridgehead atoms. The number of benzene rings is 2. The van der Waals surface area contributed by atoms with Gasteiger partial charge in [0.25, 0.3) is 0 Å². The number of aliphatic hydroxyl groups excluding tert-OH is 1. The number of nitrogens with zero attached hydrogens (tertiary/aromatic N) is 1. The Kier molecular flexibility index (Phi) is 6.77. The lowest BCUT2D eigenvalue weighted by atomic mass is 9.95. The van der Waals surface area contributed by atoms with E-state index < -0.39 is 0 Å². The minimum Gasteiger partial charge on any atom is -0.489 e. The summed E-state index contributed by atoms with van der Waals surface area (Å²) in [4.78, 5) is 14.8. The second-order valence-electron chi connectivity index (χ2n) is 7.99. The first-order valence-corrected chi connectivity index (χ1v) is 10.1. The molecule has 1 heterocycles. The van der Waals surface area contributed by atoms with Gasteiger partial charge in [-0.15, -0.1) is 0 Å². The quantitative estimate of drug-likeness (QED) is 0.696. The van der Waals surface area contributed by atoms with Gasteiger partial charge in [-0.3, -0.25) is 4.79 Å². The standard InChI is InChI=1S/C23H31N3O3/c1-15(2)22-23(28)25-19(13-27)10-18-8-9-20(11-21(18)26(22)3)29-14-17-6-4-16(12-24)5-7-17/h4-9,11,15,19,22,27H,10,12-14,24H2,1-3H3,(H,25,28)/t19-,22?/m0/s1. The van der Waals surface area contributed by atoms with Crippen molar-refractivity contribution in [3.8, 4) is 5.75 Å². The van der Waals surface area contributed by atoms with E-state index in [9.17, 15) is 9.90 Å². The summed E-state index contributed by atoms with van der Waals surface area (Å²) < 4.78 is 6.02. The van der Waals surface area contributed by atoms with Gasteiger partial charge in [0.2, 0.25) is 5.91 Å². The van der Waals surface area contributed by atoms with E-state index in [4.69, 9.17) is 10.5 Å². The van der Waals surface area contributed by atoms with Crippen molar-refractivity contribution < 1.29 is 14.6 Å². The minimum atomic E-state index is -0.317. The molecule has 6 nitrogen and oxygen atoms in total. The van der Waals surface area contributed by atoms with Gasteiger partial charge in [-0.1, -0.05) is 44.2 Å². The lowest BCUT2D eigenvalue weighted by Gasteiger charge is -2.37. The molecule has 2 aromatic carbocycles. The molecule has 0 spiro atoms. The molecule has 4 N–H and O–H groups in total. The lowest BCUT2D eigenvalue weighted by Crippen LogP contribution is -2.54. The van der Waals surface area contributed by atoms with E-state index in [-0.39, 0.29) is 30.5 Å². The maximum absolute atomic E-state index is 12.7. The van der Waals surface area contributed by atoms with Gasteiger partial charge in [0, 0.05) is 25.3 Å². The highest BCUT2D eigenvalue weighted by molar-refractivity contribution is 5.86. The topological polar surface area (TPSA) is 87.8 Å². The van der Waals surface area contributed by atoms with Gasteiger partial charge in [-0.2, -0.15) is 0 Å². The predicted molar refractivity (Wildman–Crippen MR) is 115 cm³/mol. The van der Waals surface area contributed by atoms with E-state index >= 15 is 0 Å². The molecule has 0 radical (unpaired) electrons. The van der Waals surface area contributed by atoms with Gasteiger partial charge in [0.1, 0.15) is 18.4 Å². The Hall–Kier alpha value is -2.57. The number of nitrogens with one attached hydrogen (secondary N) is 1. The number of aliphatic hydroxyl groups is 1. The molecule has 0 aromatic heterocycles. The summed E-state index contributed by atoms with van der Waals surface area (Å²) >= 11 is 0. The fraction of sp³-hybridized carbons (Fsp3) is 0.435. The molecule has 2 atom stereocenters. The van der Waals surface area contributed by atoms with E-state index in [1.165, 1.54) is 0 Å². The van der Waals surface area contributed by atoms with Crippen LogP contribution in [0.25, 0.3) is 0 Å². The van der Waals surface area contributed by atoms with E-state index in [1.54, 1.807) is 0 Å². The van der Waals surface area contributed by atoms with Crippen LogP contribution in [0.2, 0.25) is 0 Å². The summed E-state index contributed by atoms with van der Waals surface area (Å²) in [5.41, 5.74) is 9.86. The number of hydrogen-bond acceptors (Lipinski definition) is 5. The number of hydrogen-bond donors (Lipinski definition) is 3. The van der Waals surface area contributed by atoms with Gasteiger partial charge in [0.15, 0.2) is 0 Å². The van der Waals surface area contributed by atoms with Crippen LogP contribution in [-0.4, -0.2) is 36.8 Å². The van der Waals surface area contributed by atoms with Gasteiger partial charge in [0.05, 0.1) is 12.6 Å². The van der Waals surface area contributed by atoms with Crippen molar-refractivity contribution in [3.63, 3.8) is 0 Å². The van der Waals surface area contributed by atoms with Crippen molar-refractivity contribution in [1.29, 1.82) is 0 Å². The average molecular weight is 398 g/mol. The third-order valence-corrected chi connectivity index (χ3v) is 5.45. The van der Waals surface area contributed by atoms with Crippen molar-refractivity contribution >= 4 is 11.6 Å². The Labute approximate surface area is 172 Å². The molecule has 0 saturated heterocycles. The van der Waals surface area contributed by atoms with Crippen LogP contribution in [-0.2, 0) is 24.4 Å². The Morgan fingerprint density at radius 3 is 2.52 bits per heavy atom. The number of anilines is 1. The zero-order valence-electron chi connectivity index (χ0n) is 17.4. The van der Waals surface area contributed by atoms with Crippen LogP contribution in [0.1, 0.15) is 30.5 Å². The number of carbonyl (C=O) groups excluding carboxylic acids is 1. The highest BCUT2D eigenvalue weighted by atomic mass is 16.5. The van der Waals surface area contributed by atoms with Crippen molar-refractivity contribution in [2.45, 2.75) is 45.5 Å². The van der Waals surface area contributed by atoms with Gasteiger partial charge >= 0.3 is 0 Å². The van der Waals surface area contributed by atoms with Crippen LogP contribution in [0.3, 0.4) is 0 Å². The third-order valence-electron chi connectivity index (χ3n) is 5.45. The van der Waals surface area contributed by atoms with Crippen LogP contribution in [0.4, 0.5) is 5.69 Å². The van der Waals surface area contributed by atoms with E-state index in [0.29, 0.717) is 19.6 Å². The summed E-state index contributed by atoms with van der Waals surface area (Å²) in [6.07, 6.45) is 0.577. The molecule has 3 rings (SSSR count). The summed E-state index contributed by atoms with van der Waals surface area (Å²) in [6, 6.07) is 13.4. The monoisotopic (exact) mass is 397 g/mol. The molecule has 156 valence electrons. The SMILES string of the molecule is CC(C)C1C(=O)N[C@H](CO)Cc2ccc(OCc3ccc(CN)cc3)cc2N1C. The fourth-order valence-electron chi connectivity index (χ4n) is 3.86. The summed E-state index contributed by atoms with van der Waals surface area (Å²) in [7, 11) is 1.94. The maximum Gasteiger partial charge on any atom is 0.243 e. The van der Waals surface area contributed by atoms with Crippen LogP contribution in [0, 0.1) is 5.92 Å². The molecule has 2 aromatic rings. The minimum absolute atomic E-state index is 0.0569. The molecule has 1 amide bonds. The van der Waals surface area contributed by atoms with E-state index in [0.717, 1.165) is 28.1 Å². The Bertz CT molecular complexity index is 836. The number of amides is 1. The predicted octanol–water partition coefficient (Wildman–Crippen LogP) is 2.22. The van der Waals surface area contributed by atoms with Crippen molar-refractivity contribution in [2.75, 3.05) is 18.6 Å². The second-order valence-corrected chi connectivity index (χ2v) is 7.99. The first-order chi connectivity index (χ1) is 13.9. The zero-order valence-corrected chi connectivity index (χ0v) is 17.4. The molecule has 1 unspecified atom stereocenters. The molecule has 0 fully saturated rings.